The van der Waals surface area contributed by atoms with E-state index in [2.05, 4.69) is 20.8 Å². The molecule has 2 amide bonds. The van der Waals surface area contributed by atoms with Gasteiger partial charge in [0.15, 0.2) is 5.16 Å². The average molecular weight is 452 g/mol. The number of carbonyl (C=O) groups excluding carboxylic acids is 2. The molecule has 2 N–H and O–H groups in total. The Bertz CT molecular complexity index is 1140. The van der Waals surface area contributed by atoms with Crippen molar-refractivity contribution in [2.45, 2.75) is 52.7 Å². The third kappa shape index (κ3) is 5.97. The second kappa shape index (κ2) is 10.5. The Kier molecular flexibility index (Phi) is 7.69. The minimum Gasteiger partial charge on any atom is -0.326 e. The molecule has 0 aliphatic rings. The van der Waals surface area contributed by atoms with Crippen molar-refractivity contribution < 1.29 is 9.59 Å². The van der Waals surface area contributed by atoms with Gasteiger partial charge in [0.1, 0.15) is 5.82 Å². The lowest BCUT2D eigenvalue weighted by atomic mass is 10.1. The normalized spacial score (nSPS) is 10.8. The lowest BCUT2D eigenvalue weighted by Crippen LogP contribution is -2.18. The second-order valence-electron chi connectivity index (χ2n) is 7.82. The van der Waals surface area contributed by atoms with Crippen LogP contribution >= 0.6 is 11.8 Å². The highest BCUT2D eigenvalue weighted by molar-refractivity contribution is 7.99. The maximum atomic E-state index is 12.5. The molecule has 168 valence electrons. The highest BCUT2D eigenvalue weighted by atomic mass is 32.2. The molecule has 0 atom stereocenters. The molecule has 0 unspecified atom stereocenters. The SMILES string of the molecule is CCn1c(CC(=O)Nc2ccc(C)c(C)c2)nnc1SCC(=O)Nc1cc(C)ccc1C. The molecule has 1 heterocycles. The lowest BCUT2D eigenvalue weighted by molar-refractivity contribution is -0.116. The maximum absolute atomic E-state index is 12.5. The van der Waals surface area contributed by atoms with Gasteiger partial charge in [-0.15, -0.1) is 10.2 Å². The molecule has 3 rings (SSSR count). The van der Waals surface area contributed by atoms with Gasteiger partial charge in [-0.3, -0.25) is 9.59 Å². The van der Waals surface area contributed by atoms with Gasteiger partial charge in [-0.1, -0.05) is 30.0 Å². The summed E-state index contributed by atoms with van der Waals surface area (Å²) in [6.07, 6.45) is 0.114. The average Bonchev–Trinajstić information content (AvgIpc) is 3.13. The summed E-state index contributed by atoms with van der Waals surface area (Å²) in [6, 6.07) is 11.8. The van der Waals surface area contributed by atoms with Crippen molar-refractivity contribution >= 4 is 35.0 Å². The first-order chi connectivity index (χ1) is 15.3. The number of aryl methyl sites for hydroxylation is 4. The van der Waals surface area contributed by atoms with E-state index in [9.17, 15) is 9.59 Å². The zero-order chi connectivity index (χ0) is 23.3. The number of anilines is 2. The Labute approximate surface area is 193 Å². The first-order valence-corrected chi connectivity index (χ1v) is 11.5. The highest BCUT2D eigenvalue weighted by Crippen LogP contribution is 2.20. The molecule has 32 heavy (non-hydrogen) atoms. The van der Waals surface area contributed by atoms with Crippen LogP contribution in [0.25, 0.3) is 0 Å². The first-order valence-electron chi connectivity index (χ1n) is 10.6. The molecule has 3 aromatic rings. The number of rotatable bonds is 8. The molecule has 0 spiro atoms. The van der Waals surface area contributed by atoms with Crippen LogP contribution in [0.4, 0.5) is 11.4 Å². The molecular weight excluding hydrogens is 422 g/mol. The van der Waals surface area contributed by atoms with Gasteiger partial charge in [0.05, 0.1) is 12.2 Å². The van der Waals surface area contributed by atoms with Crippen molar-refractivity contribution in [3.05, 3.63) is 64.5 Å². The van der Waals surface area contributed by atoms with E-state index in [1.54, 1.807) is 0 Å². The molecule has 0 bridgehead atoms. The molecule has 1 aromatic heterocycles. The first kappa shape index (κ1) is 23.5. The monoisotopic (exact) mass is 451 g/mol. The number of benzene rings is 2. The van der Waals surface area contributed by atoms with Crippen LogP contribution in [0.3, 0.4) is 0 Å². The van der Waals surface area contributed by atoms with Crippen LogP contribution in [0.2, 0.25) is 0 Å². The molecule has 0 aliphatic heterocycles. The predicted octanol–water partition coefficient (Wildman–Crippen LogP) is 4.44. The van der Waals surface area contributed by atoms with Crippen LogP contribution in [0.1, 0.15) is 35.0 Å². The Hall–Kier alpha value is -3.13. The molecule has 2 aromatic carbocycles. The largest absolute Gasteiger partial charge is 0.326 e. The Morgan fingerprint density at radius 2 is 1.66 bits per heavy atom. The van der Waals surface area contributed by atoms with Crippen molar-refractivity contribution in [1.29, 1.82) is 0 Å². The zero-order valence-electron chi connectivity index (χ0n) is 19.2. The number of thioether (sulfide) groups is 1. The van der Waals surface area contributed by atoms with Gasteiger partial charge in [0.25, 0.3) is 0 Å². The number of aromatic nitrogens is 3. The number of hydrogen-bond donors (Lipinski definition) is 2. The molecule has 8 heteroatoms. The van der Waals surface area contributed by atoms with Crippen LogP contribution < -0.4 is 10.6 Å². The van der Waals surface area contributed by atoms with E-state index < -0.39 is 0 Å². The van der Waals surface area contributed by atoms with Gasteiger partial charge >= 0.3 is 0 Å². The van der Waals surface area contributed by atoms with E-state index in [1.807, 2.05) is 75.6 Å². The van der Waals surface area contributed by atoms with E-state index in [1.165, 1.54) is 17.3 Å². The fraction of sp³-hybridized carbons (Fsp3) is 0.333. The second-order valence-corrected chi connectivity index (χ2v) is 8.76. The molecule has 0 radical (unpaired) electrons. The molecule has 7 nitrogen and oxygen atoms in total. The fourth-order valence-electron chi connectivity index (χ4n) is 3.23. The minimum atomic E-state index is -0.153. The van der Waals surface area contributed by atoms with E-state index in [0.29, 0.717) is 17.5 Å². The summed E-state index contributed by atoms with van der Waals surface area (Å²) in [4.78, 5) is 25.0. The van der Waals surface area contributed by atoms with Crippen molar-refractivity contribution in [3.63, 3.8) is 0 Å². The van der Waals surface area contributed by atoms with Gasteiger partial charge in [-0.25, -0.2) is 0 Å². The Morgan fingerprint density at radius 3 is 2.38 bits per heavy atom. The third-order valence-electron chi connectivity index (χ3n) is 5.22. The molecule has 0 aliphatic carbocycles. The van der Waals surface area contributed by atoms with Crippen LogP contribution in [0.15, 0.2) is 41.6 Å². The standard InChI is InChI=1S/C24H29N5O2S/c1-6-29-21(13-22(30)25-19-10-9-16(3)18(5)12-19)27-28-24(29)32-14-23(31)26-20-11-15(2)7-8-17(20)4/h7-12H,6,13-14H2,1-5H3,(H,25,30)(H,26,31). The number of carbonyl (C=O) groups is 2. The number of hydrogen-bond acceptors (Lipinski definition) is 5. The Morgan fingerprint density at radius 1 is 0.906 bits per heavy atom. The number of nitrogens with zero attached hydrogens (tertiary/aromatic N) is 3. The molecule has 0 saturated heterocycles. The summed E-state index contributed by atoms with van der Waals surface area (Å²) in [7, 11) is 0. The third-order valence-corrected chi connectivity index (χ3v) is 6.19. The van der Waals surface area contributed by atoms with Crippen molar-refractivity contribution in [2.24, 2.45) is 0 Å². The maximum Gasteiger partial charge on any atom is 0.234 e. The zero-order valence-corrected chi connectivity index (χ0v) is 20.0. The Balaban J connectivity index is 1.60. The topological polar surface area (TPSA) is 88.9 Å². The smallest absolute Gasteiger partial charge is 0.234 e. The summed E-state index contributed by atoms with van der Waals surface area (Å²) in [6.45, 7) is 10.6. The summed E-state index contributed by atoms with van der Waals surface area (Å²) in [5, 5.41) is 14.9. The number of amides is 2. The van der Waals surface area contributed by atoms with Gasteiger partial charge in [0, 0.05) is 17.9 Å². The van der Waals surface area contributed by atoms with E-state index in [-0.39, 0.29) is 24.0 Å². The van der Waals surface area contributed by atoms with Crippen molar-refractivity contribution in [3.8, 4) is 0 Å². The van der Waals surface area contributed by atoms with Crippen molar-refractivity contribution in [2.75, 3.05) is 16.4 Å². The summed E-state index contributed by atoms with van der Waals surface area (Å²) in [5.74, 6) is 0.523. The van der Waals surface area contributed by atoms with Crippen LogP contribution in [0.5, 0.6) is 0 Å². The molecule has 0 fully saturated rings. The minimum absolute atomic E-state index is 0.108. The quantitative estimate of drug-likeness (QED) is 0.494. The van der Waals surface area contributed by atoms with Gasteiger partial charge < -0.3 is 15.2 Å². The summed E-state index contributed by atoms with van der Waals surface area (Å²) in [5.41, 5.74) is 5.99. The van der Waals surface area contributed by atoms with Crippen molar-refractivity contribution in [1.82, 2.24) is 14.8 Å². The van der Waals surface area contributed by atoms with Gasteiger partial charge in [0.2, 0.25) is 11.8 Å². The van der Waals surface area contributed by atoms with Crippen LogP contribution in [0, 0.1) is 27.7 Å². The van der Waals surface area contributed by atoms with Gasteiger partial charge in [-0.05, 0) is 75.1 Å². The predicted molar refractivity (Wildman–Crippen MR) is 129 cm³/mol. The van der Waals surface area contributed by atoms with E-state index in [4.69, 9.17) is 0 Å². The summed E-state index contributed by atoms with van der Waals surface area (Å²) < 4.78 is 1.87. The summed E-state index contributed by atoms with van der Waals surface area (Å²) >= 11 is 1.31. The van der Waals surface area contributed by atoms with Crippen LogP contribution in [-0.2, 0) is 22.6 Å². The fourth-order valence-corrected chi connectivity index (χ4v) is 4.05. The van der Waals surface area contributed by atoms with E-state index >= 15 is 0 Å². The highest BCUT2D eigenvalue weighted by Gasteiger charge is 2.16. The molecular formula is C24H29N5O2S. The molecule has 0 saturated carbocycles. The lowest BCUT2D eigenvalue weighted by Gasteiger charge is -2.10. The van der Waals surface area contributed by atoms with Crippen LogP contribution in [-0.4, -0.2) is 32.3 Å². The van der Waals surface area contributed by atoms with Gasteiger partial charge in [-0.2, -0.15) is 0 Å². The van der Waals surface area contributed by atoms with E-state index in [0.717, 1.165) is 28.1 Å². The number of nitrogens with one attached hydrogen (secondary N) is 2.